The molecule has 0 saturated carbocycles. The first-order valence-electron chi connectivity index (χ1n) is 6.13. The zero-order valence-corrected chi connectivity index (χ0v) is 12.6. The van der Waals surface area contributed by atoms with Crippen LogP contribution in [0.1, 0.15) is 33.2 Å². The van der Waals surface area contributed by atoms with Gasteiger partial charge in [-0.3, -0.25) is 4.79 Å². The summed E-state index contributed by atoms with van der Waals surface area (Å²) in [4.78, 5) is 18.3. The third-order valence-electron chi connectivity index (χ3n) is 3.00. The molecule has 0 spiro atoms. The molecule has 0 aliphatic heterocycles. The number of aryl methyl sites for hydroxylation is 1. The van der Waals surface area contributed by atoms with Crippen molar-refractivity contribution in [1.29, 1.82) is 0 Å². The predicted octanol–water partition coefficient (Wildman–Crippen LogP) is 4.61. The molecule has 2 aromatic rings. The highest BCUT2D eigenvalue weighted by Gasteiger charge is 2.21. The normalized spacial score (nSPS) is 14.5. The molecule has 0 bridgehead atoms. The Morgan fingerprint density at radius 1 is 1.32 bits per heavy atom. The van der Waals surface area contributed by atoms with E-state index in [4.69, 9.17) is 11.6 Å². The van der Waals surface area contributed by atoms with Crippen LogP contribution in [-0.4, -0.2) is 10.8 Å². The zero-order valence-electron chi connectivity index (χ0n) is 10.2. The number of carbonyl (C=O) groups is 1. The van der Waals surface area contributed by atoms with Crippen molar-refractivity contribution >= 4 is 40.5 Å². The van der Waals surface area contributed by atoms with Crippen LogP contribution in [0.2, 0.25) is 5.02 Å². The third-order valence-corrected chi connectivity index (χ3v) is 5.85. The number of halogens is 1. The van der Waals surface area contributed by atoms with Crippen molar-refractivity contribution in [3.05, 3.63) is 44.9 Å². The molecule has 1 aromatic carbocycles. The molecule has 1 aliphatic carbocycles. The summed E-state index contributed by atoms with van der Waals surface area (Å²) in [6.45, 7) is 0. The van der Waals surface area contributed by atoms with Gasteiger partial charge in [0.2, 0.25) is 0 Å². The van der Waals surface area contributed by atoms with Gasteiger partial charge in [-0.1, -0.05) is 23.7 Å². The van der Waals surface area contributed by atoms with Crippen molar-refractivity contribution in [3.8, 4) is 0 Å². The molecule has 0 N–H and O–H groups in total. The van der Waals surface area contributed by atoms with E-state index in [0.29, 0.717) is 6.42 Å². The number of nitrogens with zero attached hydrogens (tertiary/aromatic N) is 1. The van der Waals surface area contributed by atoms with E-state index in [0.717, 1.165) is 44.1 Å². The van der Waals surface area contributed by atoms with Crippen molar-refractivity contribution in [3.63, 3.8) is 0 Å². The lowest BCUT2D eigenvalue weighted by molar-refractivity contribution is 0.0976. The number of rotatable bonds is 3. The van der Waals surface area contributed by atoms with Gasteiger partial charge in [0, 0.05) is 11.3 Å². The van der Waals surface area contributed by atoms with E-state index in [-0.39, 0.29) is 5.78 Å². The molecule has 1 heterocycles. The fraction of sp³-hybridized carbons (Fsp3) is 0.286. The van der Waals surface area contributed by atoms with Crippen LogP contribution in [0.15, 0.2) is 29.2 Å². The number of ketones is 1. The van der Waals surface area contributed by atoms with Crippen LogP contribution in [0.5, 0.6) is 0 Å². The number of benzene rings is 1. The molecule has 19 heavy (non-hydrogen) atoms. The van der Waals surface area contributed by atoms with Gasteiger partial charge in [0.15, 0.2) is 5.78 Å². The molecule has 2 nitrogen and oxygen atoms in total. The van der Waals surface area contributed by atoms with Gasteiger partial charge in [0.1, 0.15) is 5.01 Å². The lowest BCUT2D eigenvalue weighted by atomic mass is 10.0. The fourth-order valence-electron chi connectivity index (χ4n) is 2.08. The molecule has 0 amide bonds. The van der Waals surface area contributed by atoms with Crippen LogP contribution in [0, 0.1) is 0 Å². The van der Waals surface area contributed by atoms with E-state index in [1.165, 1.54) is 0 Å². The second kappa shape index (κ2) is 5.65. The van der Waals surface area contributed by atoms with Crippen molar-refractivity contribution in [2.24, 2.45) is 0 Å². The molecule has 1 aromatic heterocycles. The Morgan fingerprint density at radius 3 is 2.95 bits per heavy atom. The molecule has 0 atom stereocenters. The quantitative estimate of drug-likeness (QED) is 0.776. The van der Waals surface area contributed by atoms with Crippen LogP contribution in [0.3, 0.4) is 0 Å². The molecule has 1 aliphatic rings. The summed E-state index contributed by atoms with van der Waals surface area (Å²) in [6.07, 6.45) is 2.55. The summed E-state index contributed by atoms with van der Waals surface area (Å²) in [5, 5.41) is 1.79. The van der Waals surface area contributed by atoms with Gasteiger partial charge in [0.25, 0.3) is 0 Å². The zero-order chi connectivity index (χ0) is 13.2. The van der Waals surface area contributed by atoms with Gasteiger partial charge in [0.05, 0.1) is 21.3 Å². The number of thioether (sulfide) groups is 1. The van der Waals surface area contributed by atoms with Gasteiger partial charge in [-0.25, -0.2) is 4.98 Å². The molecule has 5 heteroatoms. The standard InChI is InChI=1S/C14H12ClNOS2/c15-9-4-1-2-7-12(9)18-8-13-16-10-5-3-6-11(17)14(10)19-13/h1-2,4,7H,3,5-6,8H2. The van der Waals surface area contributed by atoms with E-state index < -0.39 is 0 Å². The predicted molar refractivity (Wildman–Crippen MR) is 80.4 cm³/mol. The highest BCUT2D eigenvalue weighted by Crippen LogP contribution is 2.33. The smallest absolute Gasteiger partial charge is 0.174 e. The highest BCUT2D eigenvalue weighted by molar-refractivity contribution is 7.98. The monoisotopic (exact) mass is 309 g/mol. The van der Waals surface area contributed by atoms with E-state index in [9.17, 15) is 4.79 Å². The summed E-state index contributed by atoms with van der Waals surface area (Å²) in [5.74, 6) is 1.03. The minimum absolute atomic E-state index is 0.257. The van der Waals surface area contributed by atoms with Crippen LogP contribution >= 0.6 is 34.7 Å². The first kappa shape index (κ1) is 13.2. The van der Waals surface area contributed by atoms with Gasteiger partial charge in [-0.05, 0) is 25.0 Å². The SMILES string of the molecule is O=C1CCCc2nc(CSc3ccccc3Cl)sc21. The topological polar surface area (TPSA) is 30.0 Å². The number of hydrogen-bond donors (Lipinski definition) is 0. The van der Waals surface area contributed by atoms with E-state index in [2.05, 4.69) is 4.98 Å². The maximum Gasteiger partial charge on any atom is 0.174 e. The Kier molecular flexibility index (Phi) is 3.91. The number of Topliss-reactive ketones (excluding diaryl/α,β-unsaturated/α-hetero) is 1. The Hall–Kier alpha value is -0.840. The molecular weight excluding hydrogens is 298 g/mol. The fourth-order valence-corrected chi connectivity index (χ4v) is 4.39. The highest BCUT2D eigenvalue weighted by atomic mass is 35.5. The first-order chi connectivity index (χ1) is 9.24. The van der Waals surface area contributed by atoms with Crippen LogP contribution in [-0.2, 0) is 12.2 Å². The van der Waals surface area contributed by atoms with E-state index >= 15 is 0 Å². The summed E-state index contributed by atoms with van der Waals surface area (Å²) in [7, 11) is 0. The van der Waals surface area contributed by atoms with Crippen molar-refractivity contribution in [1.82, 2.24) is 4.98 Å². The van der Waals surface area contributed by atoms with E-state index in [1.807, 2.05) is 24.3 Å². The molecule has 98 valence electrons. The Balaban J connectivity index is 1.74. The molecule has 0 unspecified atom stereocenters. The summed E-state index contributed by atoms with van der Waals surface area (Å²) < 4.78 is 0. The number of hydrogen-bond acceptors (Lipinski definition) is 4. The van der Waals surface area contributed by atoms with Crippen LogP contribution in [0.25, 0.3) is 0 Å². The number of fused-ring (bicyclic) bond motifs is 1. The van der Waals surface area contributed by atoms with Crippen molar-refractivity contribution in [2.45, 2.75) is 29.9 Å². The molecule has 0 fully saturated rings. The number of carbonyl (C=O) groups excluding carboxylic acids is 1. The largest absolute Gasteiger partial charge is 0.293 e. The molecule has 3 rings (SSSR count). The lowest BCUT2D eigenvalue weighted by Crippen LogP contribution is -2.07. The Labute approximate surface area is 125 Å². The van der Waals surface area contributed by atoms with Crippen LogP contribution in [0.4, 0.5) is 0 Å². The molecular formula is C14H12ClNOS2. The third kappa shape index (κ3) is 2.86. The minimum atomic E-state index is 0.257. The second-order valence-corrected chi connectivity index (χ2v) is 6.89. The van der Waals surface area contributed by atoms with Crippen molar-refractivity contribution in [2.75, 3.05) is 0 Å². The average molecular weight is 310 g/mol. The number of thiazole rings is 1. The number of aromatic nitrogens is 1. The molecule has 0 radical (unpaired) electrons. The van der Waals surface area contributed by atoms with Gasteiger partial charge < -0.3 is 0 Å². The van der Waals surface area contributed by atoms with Crippen molar-refractivity contribution < 1.29 is 4.79 Å². The Bertz CT molecular complexity index is 624. The minimum Gasteiger partial charge on any atom is -0.293 e. The lowest BCUT2D eigenvalue weighted by Gasteiger charge is -2.06. The van der Waals surface area contributed by atoms with Gasteiger partial charge >= 0.3 is 0 Å². The Morgan fingerprint density at radius 2 is 2.16 bits per heavy atom. The van der Waals surface area contributed by atoms with E-state index in [1.54, 1.807) is 23.1 Å². The van der Waals surface area contributed by atoms with Crippen LogP contribution < -0.4 is 0 Å². The first-order valence-corrected chi connectivity index (χ1v) is 8.31. The maximum atomic E-state index is 11.8. The van der Waals surface area contributed by atoms with Gasteiger partial charge in [-0.2, -0.15) is 0 Å². The molecule has 0 saturated heterocycles. The average Bonchev–Trinajstić information content (AvgIpc) is 2.82. The summed E-state index contributed by atoms with van der Waals surface area (Å²) in [5.41, 5.74) is 0.996. The van der Waals surface area contributed by atoms with Gasteiger partial charge in [-0.15, -0.1) is 23.1 Å². The second-order valence-electron chi connectivity index (χ2n) is 4.38. The summed E-state index contributed by atoms with van der Waals surface area (Å²) >= 11 is 9.34. The maximum absolute atomic E-state index is 11.8. The summed E-state index contributed by atoms with van der Waals surface area (Å²) in [6, 6.07) is 7.80.